The average molecular weight is 430 g/mol. The van der Waals surface area contributed by atoms with E-state index in [9.17, 15) is 9.59 Å². The topological polar surface area (TPSA) is 80.3 Å². The summed E-state index contributed by atoms with van der Waals surface area (Å²) in [6, 6.07) is 6.49. The fraction of sp³-hybridized carbons (Fsp3) is 0.389. The first-order valence-corrected chi connectivity index (χ1v) is 9.83. The zero-order valence-corrected chi connectivity index (χ0v) is 17.8. The Labute approximate surface area is 172 Å². The van der Waals surface area contributed by atoms with Crippen molar-refractivity contribution >= 4 is 51.5 Å². The van der Waals surface area contributed by atoms with Crippen LogP contribution in [0, 0.1) is 6.92 Å². The summed E-state index contributed by atoms with van der Waals surface area (Å²) < 4.78 is 9.83. The summed E-state index contributed by atoms with van der Waals surface area (Å²) in [5.41, 5.74) is -0.325. The van der Waals surface area contributed by atoms with Crippen molar-refractivity contribution in [2.24, 2.45) is 0 Å². The summed E-state index contributed by atoms with van der Waals surface area (Å²) in [7, 11) is 0. The molecule has 0 fully saturated rings. The zero-order valence-electron chi connectivity index (χ0n) is 15.4. The molecule has 0 bridgehead atoms. The van der Waals surface area contributed by atoms with E-state index in [1.807, 2.05) is 13.8 Å². The molecule has 9 heteroatoms. The number of nitrogens with one attached hydrogen (secondary N) is 2. The number of ether oxygens (including phenoxy) is 1. The van der Waals surface area contributed by atoms with E-state index in [1.54, 1.807) is 38.1 Å². The number of hydrogen-bond donors (Lipinski definition) is 2. The lowest BCUT2D eigenvalue weighted by Crippen LogP contribution is -2.55. The highest BCUT2D eigenvalue weighted by Crippen LogP contribution is 2.25. The van der Waals surface area contributed by atoms with Crippen LogP contribution in [0.25, 0.3) is 0 Å². The number of amides is 2. The van der Waals surface area contributed by atoms with E-state index < -0.39 is 17.6 Å². The Kier molecular flexibility index (Phi) is 7.08. The van der Waals surface area contributed by atoms with E-state index in [1.165, 1.54) is 11.5 Å². The smallest absolute Gasteiger partial charge is 0.261 e. The van der Waals surface area contributed by atoms with Crippen LogP contribution in [0.1, 0.15) is 32.9 Å². The molecule has 2 aromatic rings. The Bertz CT molecular complexity index is 819. The molecule has 1 unspecified atom stereocenters. The monoisotopic (exact) mass is 429 g/mol. The summed E-state index contributed by atoms with van der Waals surface area (Å²) in [5, 5.41) is 6.92. The molecule has 0 saturated carbocycles. The normalized spacial score (nSPS) is 12.4. The third-order valence-electron chi connectivity index (χ3n) is 3.65. The molecule has 1 aromatic carbocycles. The number of aromatic nitrogens is 1. The quantitative estimate of drug-likeness (QED) is 0.680. The van der Waals surface area contributed by atoms with E-state index in [4.69, 9.17) is 27.9 Å². The Morgan fingerprint density at radius 2 is 1.85 bits per heavy atom. The third-order valence-corrected chi connectivity index (χ3v) is 4.88. The third kappa shape index (κ3) is 6.09. The predicted molar refractivity (Wildman–Crippen MR) is 109 cm³/mol. The number of halogens is 2. The van der Waals surface area contributed by atoms with Gasteiger partial charge >= 0.3 is 0 Å². The maximum atomic E-state index is 12.6. The van der Waals surface area contributed by atoms with Crippen LogP contribution in [0.4, 0.5) is 5.00 Å². The highest BCUT2D eigenvalue weighted by molar-refractivity contribution is 7.10. The average Bonchev–Trinajstić information content (AvgIpc) is 2.96. The fourth-order valence-electron chi connectivity index (χ4n) is 2.22. The van der Waals surface area contributed by atoms with Crippen molar-refractivity contribution in [3.8, 4) is 5.75 Å². The molecule has 0 radical (unpaired) electrons. The van der Waals surface area contributed by atoms with Gasteiger partial charge in [-0.25, -0.2) is 0 Å². The van der Waals surface area contributed by atoms with E-state index in [0.29, 0.717) is 27.2 Å². The predicted octanol–water partition coefficient (Wildman–Crippen LogP) is 4.45. The van der Waals surface area contributed by atoms with Crippen LogP contribution in [0.15, 0.2) is 24.3 Å². The minimum Gasteiger partial charge on any atom is -0.481 e. The van der Waals surface area contributed by atoms with Crippen molar-refractivity contribution in [1.29, 1.82) is 0 Å². The molecule has 146 valence electrons. The van der Waals surface area contributed by atoms with Crippen molar-refractivity contribution in [2.45, 2.75) is 45.8 Å². The van der Waals surface area contributed by atoms with E-state index >= 15 is 0 Å². The summed E-state index contributed by atoms with van der Waals surface area (Å²) in [5.74, 6) is -0.369. The SMILES string of the molecule is CCC(Oc1cc(Cl)cc(Cl)c1)C(=O)NC(C)(C)C(=O)Nc1cc(C)ns1. The van der Waals surface area contributed by atoms with Gasteiger partial charge in [0.15, 0.2) is 6.10 Å². The van der Waals surface area contributed by atoms with Gasteiger partial charge < -0.3 is 15.4 Å². The van der Waals surface area contributed by atoms with Gasteiger partial charge in [-0.15, -0.1) is 0 Å². The first-order valence-electron chi connectivity index (χ1n) is 8.30. The van der Waals surface area contributed by atoms with E-state index in [2.05, 4.69) is 15.0 Å². The van der Waals surface area contributed by atoms with Crippen molar-refractivity contribution in [3.05, 3.63) is 40.0 Å². The van der Waals surface area contributed by atoms with Crippen LogP contribution in [-0.2, 0) is 9.59 Å². The summed E-state index contributed by atoms with van der Waals surface area (Å²) in [6.45, 7) is 6.89. The summed E-state index contributed by atoms with van der Waals surface area (Å²) >= 11 is 13.1. The summed E-state index contributed by atoms with van der Waals surface area (Å²) in [6.07, 6.45) is -0.390. The molecule has 27 heavy (non-hydrogen) atoms. The molecule has 0 spiro atoms. The minimum absolute atomic E-state index is 0.347. The standard InChI is InChI=1S/C18H21Cl2N3O3S/c1-5-14(26-13-8-11(19)7-12(20)9-13)16(24)22-18(3,4)17(25)21-15-6-10(2)23-27-15/h6-9,14H,5H2,1-4H3,(H,21,25)(H,22,24). The number of nitrogens with zero attached hydrogens (tertiary/aromatic N) is 1. The Hall–Kier alpha value is -1.83. The lowest BCUT2D eigenvalue weighted by Gasteiger charge is -2.27. The molecule has 1 aromatic heterocycles. The van der Waals surface area contributed by atoms with Gasteiger partial charge in [-0.05, 0) is 63.0 Å². The van der Waals surface area contributed by atoms with Crippen LogP contribution in [0.3, 0.4) is 0 Å². The van der Waals surface area contributed by atoms with Crippen LogP contribution < -0.4 is 15.4 Å². The Morgan fingerprint density at radius 3 is 2.37 bits per heavy atom. The second kappa shape index (κ2) is 8.91. The molecule has 2 rings (SSSR count). The second-order valence-corrected chi connectivity index (χ2v) is 8.20. The van der Waals surface area contributed by atoms with Gasteiger partial charge in [0.05, 0.1) is 5.69 Å². The van der Waals surface area contributed by atoms with E-state index in [-0.39, 0.29) is 5.91 Å². The molecule has 2 amide bonds. The Balaban J connectivity index is 2.04. The zero-order chi connectivity index (χ0) is 20.2. The van der Waals surface area contributed by atoms with Gasteiger partial charge in [-0.2, -0.15) is 4.37 Å². The molecule has 0 aliphatic heterocycles. The number of aryl methyl sites for hydroxylation is 1. The first-order chi connectivity index (χ1) is 12.6. The maximum absolute atomic E-state index is 12.6. The van der Waals surface area contributed by atoms with Gasteiger partial charge in [0.1, 0.15) is 16.3 Å². The molecule has 0 saturated heterocycles. The molecule has 6 nitrogen and oxygen atoms in total. The lowest BCUT2D eigenvalue weighted by molar-refractivity contribution is -0.134. The van der Waals surface area contributed by atoms with Crippen LogP contribution >= 0.6 is 34.7 Å². The lowest BCUT2D eigenvalue weighted by atomic mass is 10.0. The van der Waals surface area contributed by atoms with Crippen LogP contribution in [0.5, 0.6) is 5.75 Å². The molecule has 1 heterocycles. The molecular weight excluding hydrogens is 409 g/mol. The van der Waals surface area contributed by atoms with Gasteiger partial charge in [-0.1, -0.05) is 30.1 Å². The molecule has 1 atom stereocenters. The van der Waals surface area contributed by atoms with Crippen molar-refractivity contribution in [1.82, 2.24) is 9.69 Å². The van der Waals surface area contributed by atoms with Gasteiger partial charge in [-0.3, -0.25) is 9.59 Å². The number of rotatable bonds is 7. The van der Waals surface area contributed by atoms with Crippen LogP contribution in [0.2, 0.25) is 10.0 Å². The van der Waals surface area contributed by atoms with Crippen LogP contribution in [-0.4, -0.2) is 27.8 Å². The number of anilines is 1. The maximum Gasteiger partial charge on any atom is 0.261 e. The van der Waals surface area contributed by atoms with E-state index in [0.717, 1.165) is 5.69 Å². The number of benzene rings is 1. The summed E-state index contributed by atoms with van der Waals surface area (Å²) in [4.78, 5) is 25.1. The molecule has 0 aliphatic carbocycles. The number of hydrogen-bond acceptors (Lipinski definition) is 5. The van der Waals surface area contributed by atoms with Crippen molar-refractivity contribution in [2.75, 3.05) is 5.32 Å². The molecular formula is C18H21Cl2N3O3S. The first kappa shape index (κ1) is 21.5. The minimum atomic E-state index is -1.14. The number of carbonyl (C=O) groups excluding carboxylic acids is 2. The Morgan fingerprint density at radius 1 is 1.22 bits per heavy atom. The van der Waals surface area contributed by atoms with Crippen molar-refractivity contribution < 1.29 is 14.3 Å². The van der Waals surface area contributed by atoms with Crippen molar-refractivity contribution in [3.63, 3.8) is 0 Å². The van der Waals surface area contributed by atoms with Gasteiger partial charge in [0, 0.05) is 10.0 Å². The fourth-order valence-corrected chi connectivity index (χ4v) is 3.38. The number of carbonyl (C=O) groups is 2. The highest BCUT2D eigenvalue weighted by atomic mass is 35.5. The molecule has 0 aliphatic rings. The second-order valence-electron chi connectivity index (χ2n) is 6.52. The largest absolute Gasteiger partial charge is 0.481 e. The molecule has 2 N–H and O–H groups in total. The van der Waals surface area contributed by atoms with Gasteiger partial charge in [0.25, 0.3) is 5.91 Å². The van der Waals surface area contributed by atoms with Gasteiger partial charge in [0.2, 0.25) is 5.91 Å². The highest BCUT2D eigenvalue weighted by Gasteiger charge is 2.33.